The quantitative estimate of drug-likeness (QED) is 0.829. The molecule has 2 aliphatic heterocycles. The highest BCUT2D eigenvalue weighted by atomic mass is 79.9. The van der Waals surface area contributed by atoms with Crippen molar-refractivity contribution in [3.8, 4) is 0 Å². The van der Waals surface area contributed by atoms with E-state index in [1.807, 2.05) is 6.07 Å². The summed E-state index contributed by atoms with van der Waals surface area (Å²) in [5.41, 5.74) is 6.78. The van der Waals surface area contributed by atoms with Gasteiger partial charge in [0, 0.05) is 25.2 Å². The second kappa shape index (κ2) is 5.17. The van der Waals surface area contributed by atoms with Crippen LogP contribution in [0.4, 0.5) is 11.5 Å². The molecule has 3 rings (SSSR count). The molecule has 1 aromatic rings. The zero-order valence-electron chi connectivity index (χ0n) is 10.9. The minimum atomic E-state index is -0.761. The van der Waals surface area contributed by atoms with Gasteiger partial charge in [0.2, 0.25) is 0 Å². The number of halogens is 1. The molecule has 2 saturated heterocycles. The molecule has 0 aromatic carbocycles. The average molecular weight is 342 g/mol. The van der Waals surface area contributed by atoms with Gasteiger partial charge in [0.05, 0.1) is 12.2 Å². The van der Waals surface area contributed by atoms with E-state index in [1.54, 1.807) is 0 Å². The first kappa shape index (κ1) is 13.6. The third-order valence-corrected chi connectivity index (χ3v) is 4.45. The Morgan fingerprint density at radius 3 is 2.65 bits per heavy atom. The predicted octanol–water partition coefficient (Wildman–Crippen LogP) is 0.559. The number of nitrogens with zero attached hydrogens (tertiary/aromatic N) is 4. The number of rotatable bonds is 3. The van der Waals surface area contributed by atoms with Gasteiger partial charge in [-0.1, -0.05) is 0 Å². The van der Waals surface area contributed by atoms with Crippen LogP contribution in [0.2, 0.25) is 0 Å². The topological polar surface area (TPSA) is 95.6 Å². The van der Waals surface area contributed by atoms with Crippen molar-refractivity contribution in [1.29, 1.82) is 0 Å². The van der Waals surface area contributed by atoms with Gasteiger partial charge in [-0.15, -0.1) is 10.2 Å². The van der Waals surface area contributed by atoms with E-state index in [-0.39, 0.29) is 18.6 Å². The Hall–Kier alpha value is -1.41. The summed E-state index contributed by atoms with van der Waals surface area (Å²) in [4.78, 5) is 15.2. The maximum absolute atomic E-state index is 10.9. The van der Waals surface area contributed by atoms with Gasteiger partial charge in [-0.05, 0) is 34.8 Å². The number of aromatic nitrogens is 2. The molecule has 3 heterocycles. The molecule has 20 heavy (non-hydrogen) atoms. The number of aliphatic carboxylic acids is 1. The van der Waals surface area contributed by atoms with E-state index in [2.05, 4.69) is 35.9 Å². The van der Waals surface area contributed by atoms with E-state index in [4.69, 9.17) is 10.8 Å². The molecule has 0 spiro atoms. The fraction of sp³-hybridized carbons (Fsp3) is 0.583. The number of anilines is 2. The second-order valence-electron chi connectivity index (χ2n) is 5.29. The number of carboxylic acids is 1. The van der Waals surface area contributed by atoms with Crippen LogP contribution in [-0.2, 0) is 4.79 Å². The Morgan fingerprint density at radius 1 is 1.40 bits per heavy atom. The molecule has 1 aromatic heterocycles. The largest absolute Gasteiger partial charge is 0.480 e. The highest BCUT2D eigenvalue weighted by Crippen LogP contribution is 2.34. The molecule has 0 saturated carbocycles. The van der Waals surface area contributed by atoms with Crippen molar-refractivity contribution >= 4 is 33.4 Å². The fourth-order valence-corrected chi connectivity index (χ4v) is 3.52. The Balaban J connectivity index is 1.80. The molecule has 2 unspecified atom stereocenters. The van der Waals surface area contributed by atoms with Crippen LogP contribution in [0.1, 0.15) is 12.8 Å². The lowest BCUT2D eigenvalue weighted by molar-refractivity contribution is -0.139. The van der Waals surface area contributed by atoms with E-state index >= 15 is 0 Å². The van der Waals surface area contributed by atoms with Crippen LogP contribution in [0.5, 0.6) is 0 Å². The van der Waals surface area contributed by atoms with Crippen molar-refractivity contribution in [2.75, 3.05) is 30.3 Å². The number of piperazine rings is 1. The summed E-state index contributed by atoms with van der Waals surface area (Å²) < 4.78 is 0.655. The van der Waals surface area contributed by atoms with Crippen molar-refractivity contribution in [2.45, 2.75) is 24.9 Å². The molecule has 2 atom stereocenters. The van der Waals surface area contributed by atoms with E-state index in [1.165, 1.54) is 0 Å². The SMILES string of the molecule is Nc1nnc(Br)cc1N1CC2CCC(C1)N2CC(=O)O. The number of hydrogen-bond donors (Lipinski definition) is 2. The maximum Gasteiger partial charge on any atom is 0.317 e. The standard InChI is InChI=1S/C12H16BrN5O2/c13-10-3-9(12(14)16-15-10)17-4-7-1-2-8(5-17)18(7)6-11(19)20/h3,7-8H,1-2,4-6H2,(H2,14,16)(H,19,20). The van der Waals surface area contributed by atoms with Gasteiger partial charge < -0.3 is 15.7 Å². The first-order valence-electron chi connectivity index (χ1n) is 6.56. The molecule has 0 amide bonds. The number of carbonyl (C=O) groups is 1. The van der Waals surface area contributed by atoms with Crippen LogP contribution in [-0.4, -0.2) is 57.9 Å². The first-order chi connectivity index (χ1) is 9.54. The van der Waals surface area contributed by atoms with E-state index in [0.29, 0.717) is 10.4 Å². The zero-order chi connectivity index (χ0) is 14.3. The first-order valence-corrected chi connectivity index (χ1v) is 7.35. The Kier molecular flexibility index (Phi) is 3.51. The molecule has 0 aliphatic carbocycles. The van der Waals surface area contributed by atoms with Crippen LogP contribution in [0.3, 0.4) is 0 Å². The van der Waals surface area contributed by atoms with Gasteiger partial charge >= 0.3 is 5.97 Å². The van der Waals surface area contributed by atoms with Gasteiger partial charge in [0.15, 0.2) is 5.82 Å². The van der Waals surface area contributed by atoms with Crippen molar-refractivity contribution in [3.05, 3.63) is 10.7 Å². The van der Waals surface area contributed by atoms with Crippen LogP contribution >= 0.6 is 15.9 Å². The van der Waals surface area contributed by atoms with Crippen LogP contribution in [0, 0.1) is 0 Å². The lowest BCUT2D eigenvalue weighted by Crippen LogP contribution is -2.55. The Bertz CT molecular complexity index is 527. The Morgan fingerprint density at radius 2 is 2.05 bits per heavy atom. The number of hydrogen-bond acceptors (Lipinski definition) is 6. The molecule has 7 nitrogen and oxygen atoms in total. The second-order valence-corrected chi connectivity index (χ2v) is 6.11. The third-order valence-electron chi connectivity index (χ3n) is 4.06. The summed E-state index contributed by atoms with van der Waals surface area (Å²) in [7, 11) is 0. The summed E-state index contributed by atoms with van der Waals surface area (Å²) >= 11 is 3.31. The molecule has 3 N–H and O–H groups in total. The van der Waals surface area contributed by atoms with Crippen LogP contribution < -0.4 is 10.6 Å². The van der Waals surface area contributed by atoms with Gasteiger partial charge in [-0.2, -0.15) is 0 Å². The number of fused-ring (bicyclic) bond motifs is 2. The van der Waals surface area contributed by atoms with Crippen LogP contribution in [0.15, 0.2) is 10.7 Å². The normalized spacial score (nSPS) is 25.9. The molecular weight excluding hydrogens is 326 g/mol. The third kappa shape index (κ3) is 2.45. The predicted molar refractivity (Wildman–Crippen MR) is 77.5 cm³/mol. The summed E-state index contributed by atoms with van der Waals surface area (Å²) in [5.74, 6) is -0.345. The molecular formula is C12H16BrN5O2. The summed E-state index contributed by atoms with van der Waals surface area (Å²) in [6.07, 6.45) is 2.07. The van der Waals surface area contributed by atoms with Gasteiger partial charge in [0.1, 0.15) is 4.60 Å². The molecule has 0 radical (unpaired) electrons. The molecule has 108 valence electrons. The van der Waals surface area contributed by atoms with Gasteiger partial charge in [-0.25, -0.2) is 0 Å². The van der Waals surface area contributed by atoms with E-state index in [9.17, 15) is 4.79 Å². The molecule has 2 aliphatic rings. The number of carboxylic acid groups (broad SMARTS) is 1. The zero-order valence-corrected chi connectivity index (χ0v) is 12.5. The molecule has 8 heteroatoms. The highest BCUT2D eigenvalue weighted by molar-refractivity contribution is 9.10. The van der Waals surface area contributed by atoms with Crippen molar-refractivity contribution in [2.24, 2.45) is 0 Å². The fourth-order valence-electron chi connectivity index (χ4n) is 3.22. The van der Waals surface area contributed by atoms with E-state index < -0.39 is 5.97 Å². The summed E-state index contributed by atoms with van der Waals surface area (Å²) in [6, 6.07) is 2.42. The van der Waals surface area contributed by atoms with E-state index in [0.717, 1.165) is 31.6 Å². The number of nitrogen functional groups attached to an aromatic ring is 1. The molecule has 2 bridgehead atoms. The van der Waals surface area contributed by atoms with Gasteiger partial charge in [-0.3, -0.25) is 9.69 Å². The number of nitrogens with two attached hydrogens (primary N) is 1. The lowest BCUT2D eigenvalue weighted by Gasteiger charge is -2.41. The minimum absolute atomic E-state index is 0.122. The maximum atomic E-state index is 10.9. The average Bonchev–Trinajstić information content (AvgIpc) is 2.62. The smallest absolute Gasteiger partial charge is 0.317 e. The van der Waals surface area contributed by atoms with Gasteiger partial charge in [0.25, 0.3) is 0 Å². The lowest BCUT2D eigenvalue weighted by atomic mass is 10.1. The minimum Gasteiger partial charge on any atom is -0.480 e. The monoisotopic (exact) mass is 341 g/mol. The summed E-state index contributed by atoms with van der Waals surface area (Å²) in [6.45, 7) is 1.69. The van der Waals surface area contributed by atoms with Crippen molar-refractivity contribution in [1.82, 2.24) is 15.1 Å². The highest BCUT2D eigenvalue weighted by Gasteiger charge is 2.41. The summed E-state index contributed by atoms with van der Waals surface area (Å²) in [5, 5.41) is 16.8. The van der Waals surface area contributed by atoms with Crippen molar-refractivity contribution in [3.63, 3.8) is 0 Å². The van der Waals surface area contributed by atoms with Crippen molar-refractivity contribution < 1.29 is 9.90 Å². The Labute approximate surface area is 124 Å². The van der Waals surface area contributed by atoms with Crippen LogP contribution in [0.25, 0.3) is 0 Å². The molecule has 2 fully saturated rings.